The predicted molar refractivity (Wildman–Crippen MR) is 537 cm³/mol. The molecular weight excluding hydrogens is 1910 g/mol. The minimum atomic E-state index is -1.08. The van der Waals surface area contributed by atoms with Crippen molar-refractivity contribution >= 4 is 102 Å². The van der Waals surface area contributed by atoms with Gasteiger partial charge in [-0.3, -0.25) is 52.1 Å². The van der Waals surface area contributed by atoms with Gasteiger partial charge in [0.15, 0.2) is 12.6 Å². The van der Waals surface area contributed by atoms with Gasteiger partial charge in [0.05, 0.1) is 43.7 Å². The van der Waals surface area contributed by atoms with Crippen LogP contribution in [-0.4, -0.2) is 137 Å². The third kappa shape index (κ3) is 30.0. The molecule has 3 aromatic heterocycles. The summed E-state index contributed by atoms with van der Waals surface area (Å²) < 4.78 is 75.8. The van der Waals surface area contributed by atoms with Crippen molar-refractivity contribution in [2.75, 3.05) is 37.3 Å². The third-order valence-electron chi connectivity index (χ3n) is 22.2. The standard InChI is InChI=1S/C31H33FN4O4.C28H24FN3O5.C21H24BFO4.C13H12BrN3O3.C4H6O4.C3H9N.C2H4O2.B.Na/c1-17(2)33-15-24-26(32)13-20(14-28(24)40-6)21-9-7-10-22(18(21)3)23-11-8-12-27(19(23)4)35-29(37)25-16-34-31(39)36(5)30(25)38;1-15-18(17-11-23(29)22(14-33)25(12-17)37-4)7-5-8-19(15)20-9-6-10-24(16(20)2)31-26(34)21-13-30-28(36)32(3)27(21)35;1-13-15(14-10-18(23)16(12-24)19(11-14)25-6)8-7-9-17(13)22-26-20(2,3)21(4,5)27-22;1-7-9(14)4-3-5-10(7)16-11(18)8-6-15-13(20)17(2)12(8)19;1-3(5)7-8-4(2)6;1-3(2)4;1-2(3)4;;/h7-14,16-17,33H,15H2,1-6H3,(H,34,39)(H,35,37);5-14H,1-4H3,(H,30,36)(H,31,34);7-12H,1-6H3;3-6H,1-2H3,(H,15,20)(H,16,18);1-2H3;3H,4H2,1-2H3;1H3,(H,3,4);;/q;;;;;;;;+1/p-1. The Labute approximate surface area is 849 Å². The second-order valence-electron chi connectivity index (χ2n) is 33.4. The van der Waals surface area contributed by atoms with Crippen LogP contribution in [0.25, 0.3) is 55.6 Å². The van der Waals surface area contributed by atoms with Gasteiger partial charge < -0.3 is 75.4 Å². The molecule has 33 nitrogen and oxygen atoms in total. The number of hydrogen-bond donors (Lipinski definition) is 8. The SMILES string of the molecule is CC(=O)OOC(C)=O.CC(=O)[O-].CC(C)N.COc1cc(-c2cccc(-c3cccc(NC(=O)c4c[nH]c(=O)n(C)c4=O)c3C)c2C)cc(F)c1C=O.COc1cc(-c2cccc(-c3cccc(NC(=O)c4c[nH]c(=O)n(C)c4=O)c3C)c2C)cc(F)c1CNC(C)C.COc1cc(-c2cccc(B3OC(C)(C)C(C)(C)O3)c2C)cc(F)c1C=O.Cc1c(Br)cccc1NC(=O)c1c[nH]c(=O)n(C)c1=O.[B].[Na+]. The number of amides is 3. The Morgan fingerprint density at radius 1 is 0.472 bits per heavy atom. The molecule has 142 heavy (non-hydrogen) atoms. The van der Waals surface area contributed by atoms with Crippen molar-refractivity contribution in [3.05, 3.63) is 315 Å². The number of rotatable bonds is 20. The minimum absolute atomic E-state index is 0. The summed E-state index contributed by atoms with van der Waals surface area (Å²) in [7, 11) is 7.72. The predicted octanol–water partition coefficient (Wildman–Crippen LogP) is 10.2. The fraction of sp³-hybridized carbons (Fsp3) is 0.275. The molecular formula is C102H111B2BrF3N11NaO22. The van der Waals surface area contributed by atoms with E-state index in [1.54, 1.807) is 42.5 Å². The molecule has 0 bridgehead atoms. The molecule has 0 aliphatic carbocycles. The number of aromatic amines is 3. The van der Waals surface area contributed by atoms with Crippen LogP contribution >= 0.6 is 15.9 Å². The molecule has 1 fully saturated rings. The fourth-order valence-electron chi connectivity index (χ4n) is 13.9. The quantitative estimate of drug-likeness (QED) is 0.0152. The van der Waals surface area contributed by atoms with Crippen LogP contribution in [0.5, 0.6) is 17.2 Å². The van der Waals surface area contributed by atoms with Gasteiger partial charge >= 0.3 is 65.7 Å². The van der Waals surface area contributed by atoms with Crippen LogP contribution in [0.4, 0.5) is 30.2 Å². The summed E-state index contributed by atoms with van der Waals surface area (Å²) in [4.78, 5) is 175. The summed E-state index contributed by atoms with van der Waals surface area (Å²) in [5.74, 6) is -5.02. The number of aldehydes is 2. The van der Waals surface area contributed by atoms with Gasteiger partial charge in [-0.15, -0.1) is 0 Å². The van der Waals surface area contributed by atoms with Crippen molar-refractivity contribution in [2.45, 2.75) is 148 Å². The number of methoxy groups -OCH3 is 3. The maximum absolute atomic E-state index is 15.2. The van der Waals surface area contributed by atoms with Crippen LogP contribution in [0.2, 0.25) is 0 Å². The molecule has 1 aliphatic rings. The number of aliphatic carboxylic acids is 1. The largest absolute Gasteiger partial charge is 1.00 e. The van der Waals surface area contributed by atoms with E-state index in [2.05, 4.69) is 61.9 Å². The topological polar surface area (TPSA) is 463 Å². The molecule has 3 amide bonds. The molecule has 4 heterocycles. The van der Waals surface area contributed by atoms with Gasteiger partial charge in [0.1, 0.15) is 51.4 Å². The van der Waals surface area contributed by atoms with Crippen molar-refractivity contribution in [3.8, 4) is 72.9 Å². The number of nitrogens with zero attached hydrogens (tertiary/aromatic N) is 3. The summed E-state index contributed by atoms with van der Waals surface area (Å²) in [6.07, 6.45) is 4.21. The minimum Gasteiger partial charge on any atom is -0.550 e. The molecule has 9 N–H and O–H groups in total. The van der Waals surface area contributed by atoms with Crippen LogP contribution < -0.4 is 115 Å². The van der Waals surface area contributed by atoms with Gasteiger partial charge in [0, 0.05) is 108 Å². The van der Waals surface area contributed by atoms with Crippen molar-refractivity contribution in [3.63, 3.8) is 0 Å². The number of anilines is 3. The van der Waals surface area contributed by atoms with Crippen LogP contribution in [0.15, 0.2) is 197 Å². The normalized spacial score (nSPS) is 11.6. The summed E-state index contributed by atoms with van der Waals surface area (Å²) in [6.45, 7) is 30.9. The van der Waals surface area contributed by atoms with E-state index in [-0.39, 0.29) is 89.1 Å². The first-order valence-corrected chi connectivity index (χ1v) is 44.1. The summed E-state index contributed by atoms with van der Waals surface area (Å²) in [5.41, 5.74) is 15.5. The second-order valence-corrected chi connectivity index (χ2v) is 34.2. The zero-order valence-corrected chi connectivity index (χ0v) is 86.8. The van der Waals surface area contributed by atoms with Crippen molar-refractivity contribution < 1.29 is 119 Å². The number of halogens is 4. The smallest absolute Gasteiger partial charge is 0.550 e. The molecule has 1 aliphatic heterocycles. The Balaban J connectivity index is 0.000000322. The van der Waals surface area contributed by atoms with Crippen molar-refractivity contribution in [1.29, 1.82) is 0 Å². The Morgan fingerprint density at radius 2 is 0.761 bits per heavy atom. The third-order valence-corrected chi connectivity index (χ3v) is 23.1. The number of ether oxygens (including phenoxy) is 3. The zero-order chi connectivity index (χ0) is 105. The molecule has 1 saturated heterocycles. The van der Waals surface area contributed by atoms with E-state index >= 15 is 4.39 Å². The van der Waals surface area contributed by atoms with Gasteiger partial charge in [0.2, 0.25) is 0 Å². The Bertz CT molecular complexity index is 7040. The number of H-pyrrole nitrogens is 3. The number of hydrogen-bond acceptors (Lipinski definition) is 24. The second kappa shape index (κ2) is 52.9. The first-order chi connectivity index (χ1) is 65.8. The maximum Gasteiger partial charge on any atom is 1.00 e. The molecule has 0 atom stereocenters. The monoisotopic (exact) mass is 2020 g/mol. The molecule has 0 unspecified atom stereocenters. The molecule has 741 valence electrons. The van der Waals surface area contributed by atoms with E-state index in [4.69, 9.17) is 39.2 Å². The number of nitrogens with one attached hydrogen (secondary N) is 7. The summed E-state index contributed by atoms with van der Waals surface area (Å²) in [6, 6.07) is 43.2. The molecule has 13 rings (SSSR count). The van der Waals surface area contributed by atoms with Gasteiger partial charge in [0.25, 0.3) is 34.4 Å². The number of nitrogens with two attached hydrogens (primary N) is 1. The Morgan fingerprint density at radius 3 is 1.08 bits per heavy atom. The first-order valence-electron chi connectivity index (χ1n) is 43.3. The van der Waals surface area contributed by atoms with Crippen molar-refractivity contribution in [1.82, 2.24) is 34.0 Å². The van der Waals surface area contributed by atoms with E-state index in [1.165, 1.54) is 60.7 Å². The summed E-state index contributed by atoms with van der Waals surface area (Å²) >= 11 is 3.36. The first kappa shape index (κ1) is 118. The van der Waals surface area contributed by atoms with Crippen molar-refractivity contribution in [2.24, 2.45) is 26.9 Å². The van der Waals surface area contributed by atoms with Gasteiger partial charge in [-0.05, 0) is 237 Å². The van der Waals surface area contributed by atoms with E-state index in [0.717, 1.165) is 135 Å². The number of aromatic nitrogens is 6. The Hall–Kier alpha value is -14.2. The van der Waals surface area contributed by atoms with Crippen LogP contribution in [0, 0.1) is 59.0 Å². The van der Waals surface area contributed by atoms with Gasteiger partial charge in [-0.25, -0.2) is 46.9 Å². The number of carbonyl (C=O) groups is 8. The molecule has 40 heteroatoms. The maximum atomic E-state index is 15.2. The number of carboxylic acids is 1. The average molecular weight is 2020 g/mol. The van der Waals surface area contributed by atoms with Crippen LogP contribution in [-0.2, 0) is 61.2 Å². The summed E-state index contributed by atoms with van der Waals surface area (Å²) in [5, 5.41) is 20.3. The van der Waals surface area contributed by atoms with E-state index in [1.807, 2.05) is 182 Å². The molecule has 0 spiro atoms. The Kier molecular flexibility index (Phi) is 44.1. The van der Waals surface area contributed by atoms with Crippen LogP contribution in [0.3, 0.4) is 0 Å². The van der Waals surface area contributed by atoms with E-state index in [9.17, 15) is 71.1 Å². The molecule has 3 radical (unpaired) electrons. The average Bonchev–Trinajstić information content (AvgIpc) is 1.62. The molecule has 0 saturated carbocycles. The van der Waals surface area contributed by atoms with Gasteiger partial charge in [-0.1, -0.05) is 129 Å². The van der Waals surface area contributed by atoms with E-state index < -0.39 is 99.3 Å². The van der Waals surface area contributed by atoms with Crippen LogP contribution in [0.1, 0.15) is 167 Å². The molecule has 12 aromatic rings. The van der Waals surface area contributed by atoms with Gasteiger partial charge in [-0.2, -0.15) is 0 Å². The fourth-order valence-corrected chi connectivity index (χ4v) is 14.3. The number of carbonyl (C=O) groups excluding carboxylic acids is 8. The molecule has 9 aromatic carbocycles. The number of benzene rings is 9. The zero-order valence-electron chi connectivity index (χ0n) is 83.2. The van der Waals surface area contributed by atoms with E-state index in [0.29, 0.717) is 70.2 Å². The number of carboxylic acid groups (broad SMARTS) is 1.